The third kappa shape index (κ3) is 2.56. The lowest BCUT2D eigenvalue weighted by Gasteiger charge is -2.35. The van der Waals surface area contributed by atoms with E-state index in [1.54, 1.807) is 0 Å². The number of aromatic nitrogens is 2. The molecule has 2 saturated heterocycles. The Labute approximate surface area is 183 Å². The molecule has 2 fully saturated rings. The van der Waals surface area contributed by atoms with E-state index in [0.717, 1.165) is 28.8 Å². The third-order valence-corrected chi connectivity index (χ3v) is 7.44. The largest absolute Gasteiger partial charge is 0.374 e. The van der Waals surface area contributed by atoms with Gasteiger partial charge in [-0.1, -0.05) is 52.3 Å². The van der Waals surface area contributed by atoms with E-state index in [2.05, 4.69) is 74.0 Å². The van der Waals surface area contributed by atoms with E-state index in [9.17, 15) is 4.79 Å². The average molecular weight is 464 g/mol. The van der Waals surface area contributed by atoms with Gasteiger partial charge in [0, 0.05) is 35.4 Å². The van der Waals surface area contributed by atoms with Crippen LogP contribution < -0.4 is 0 Å². The molecule has 2 aromatic carbocycles. The highest BCUT2D eigenvalue weighted by Gasteiger charge is 2.46. The topological polar surface area (TPSA) is 47.4 Å². The molecule has 3 aliphatic rings. The van der Waals surface area contributed by atoms with Crippen molar-refractivity contribution >= 4 is 21.8 Å². The number of halogens is 1. The Bertz CT molecular complexity index is 1130. The number of rotatable bonds is 4. The Balaban J connectivity index is 1.42. The second-order valence-electron chi connectivity index (χ2n) is 8.42. The molecule has 4 heterocycles. The van der Waals surface area contributed by atoms with Crippen LogP contribution in [0.15, 0.2) is 65.4 Å². The van der Waals surface area contributed by atoms with Gasteiger partial charge < -0.3 is 14.2 Å². The van der Waals surface area contributed by atoms with Gasteiger partial charge in [-0.2, -0.15) is 0 Å². The van der Waals surface area contributed by atoms with Crippen molar-refractivity contribution in [2.24, 2.45) is 0 Å². The van der Waals surface area contributed by atoms with Crippen LogP contribution in [0.25, 0.3) is 11.4 Å². The molecular weight excluding hydrogens is 442 g/mol. The molecule has 1 aromatic heterocycles. The number of benzene rings is 2. The number of imidazole rings is 1. The maximum atomic E-state index is 13.2. The van der Waals surface area contributed by atoms with Crippen LogP contribution >= 0.6 is 15.9 Å². The predicted molar refractivity (Wildman–Crippen MR) is 117 cm³/mol. The van der Waals surface area contributed by atoms with Crippen molar-refractivity contribution in [3.63, 3.8) is 0 Å². The van der Waals surface area contributed by atoms with E-state index in [4.69, 9.17) is 4.74 Å². The van der Waals surface area contributed by atoms with Crippen molar-refractivity contribution in [1.29, 1.82) is 0 Å². The van der Waals surface area contributed by atoms with Gasteiger partial charge in [0.25, 0.3) is 0 Å². The van der Waals surface area contributed by atoms with Gasteiger partial charge in [-0.05, 0) is 36.1 Å². The van der Waals surface area contributed by atoms with Gasteiger partial charge in [-0.15, -0.1) is 0 Å². The monoisotopic (exact) mass is 463 g/mol. The molecule has 3 atom stereocenters. The number of likely N-dealkylation sites (tertiary alicyclic amines) is 1. The van der Waals surface area contributed by atoms with E-state index in [1.165, 1.54) is 11.1 Å². The fourth-order valence-electron chi connectivity index (χ4n) is 5.54. The van der Waals surface area contributed by atoms with Crippen molar-refractivity contribution in [1.82, 2.24) is 14.5 Å². The number of fused-ring (bicyclic) bond motifs is 5. The highest BCUT2D eigenvalue weighted by Crippen LogP contribution is 2.49. The Hall–Kier alpha value is -2.44. The summed E-state index contributed by atoms with van der Waals surface area (Å²) in [6.45, 7) is 1.42. The molecule has 5 nitrogen and oxygen atoms in total. The summed E-state index contributed by atoms with van der Waals surface area (Å²) in [6, 6.07) is 17.2. The molecule has 0 radical (unpaired) electrons. The summed E-state index contributed by atoms with van der Waals surface area (Å²) < 4.78 is 8.98. The fourth-order valence-corrected chi connectivity index (χ4v) is 5.80. The van der Waals surface area contributed by atoms with Gasteiger partial charge in [0.2, 0.25) is 5.91 Å². The third-order valence-electron chi connectivity index (χ3n) is 6.91. The first-order valence-electron chi connectivity index (χ1n) is 10.5. The van der Waals surface area contributed by atoms with Crippen molar-refractivity contribution in [3.8, 4) is 11.4 Å². The fraction of sp³-hybridized carbons (Fsp3) is 0.333. The van der Waals surface area contributed by atoms with Gasteiger partial charge in [0.15, 0.2) is 0 Å². The number of ether oxygens (including phenoxy) is 1. The molecule has 1 unspecified atom stereocenters. The van der Waals surface area contributed by atoms with Gasteiger partial charge in [0.05, 0.1) is 24.3 Å². The van der Waals surface area contributed by atoms with Crippen LogP contribution in [-0.4, -0.2) is 45.7 Å². The van der Waals surface area contributed by atoms with Gasteiger partial charge in [-0.25, -0.2) is 4.98 Å². The van der Waals surface area contributed by atoms with Crippen LogP contribution in [0, 0.1) is 0 Å². The summed E-state index contributed by atoms with van der Waals surface area (Å²) in [5.41, 5.74) is 3.10. The van der Waals surface area contributed by atoms with E-state index >= 15 is 0 Å². The van der Waals surface area contributed by atoms with Crippen LogP contribution in [0.5, 0.6) is 0 Å². The summed E-state index contributed by atoms with van der Waals surface area (Å²) in [6.07, 6.45) is 6.31. The average Bonchev–Trinajstić information content (AvgIpc) is 3.55. The highest BCUT2D eigenvalue weighted by molar-refractivity contribution is 9.10. The highest BCUT2D eigenvalue weighted by atomic mass is 79.9. The normalized spacial score (nSPS) is 26.1. The number of morpholine rings is 1. The summed E-state index contributed by atoms with van der Waals surface area (Å²) in [4.78, 5) is 19.9. The smallest absolute Gasteiger partial charge is 0.223 e. The number of hydrogen-bond donors (Lipinski definition) is 0. The Morgan fingerprint density at radius 3 is 2.80 bits per heavy atom. The summed E-state index contributed by atoms with van der Waals surface area (Å²) in [5.74, 6) is 1.20. The minimum absolute atomic E-state index is 0.229. The number of nitrogens with zero attached hydrogens (tertiary/aromatic N) is 3. The molecule has 0 spiro atoms. The van der Waals surface area contributed by atoms with Crippen LogP contribution in [-0.2, 0) is 15.1 Å². The Kier molecular flexibility index (Phi) is 4.15. The van der Waals surface area contributed by atoms with Crippen molar-refractivity contribution in [2.75, 3.05) is 13.2 Å². The summed E-state index contributed by atoms with van der Waals surface area (Å²) in [7, 11) is 0. The molecule has 6 heteroatoms. The van der Waals surface area contributed by atoms with Crippen molar-refractivity contribution in [2.45, 2.75) is 36.9 Å². The molecular formula is C24H22BrN3O2. The van der Waals surface area contributed by atoms with Crippen LogP contribution in [0.1, 0.15) is 30.4 Å². The zero-order valence-electron chi connectivity index (χ0n) is 16.5. The van der Waals surface area contributed by atoms with Gasteiger partial charge >= 0.3 is 0 Å². The molecule has 152 valence electrons. The molecule has 30 heavy (non-hydrogen) atoms. The van der Waals surface area contributed by atoms with Gasteiger partial charge in [-0.3, -0.25) is 4.79 Å². The van der Waals surface area contributed by atoms with Crippen LogP contribution in [0.3, 0.4) is 0 Å². The zero-order valence-corrected chi connectivity index (χ0v) is 18.1. The minimum atomic E-state index is -0.436. The first kappa shape index (κ1) is 18.3. The lowest BCUT2D eigenvalue weighted by Crippen LogP contribution is -2.42. The van der Waals surface area contributed by atoms with Crippen LogP contribution in [0.4, 0.5) is 0 Å². The number of amides is 1. The Morgan fingerprint density at radius 1 is 1.20 bits per heavy atom. The standard InChI is InChI=1S/C24H22BrN3O2/c25-17-7-5-16(6-8-17)24(10-9-22(29)27-14-19-13-18(27)15-30-19)21-4-2-1-3-20(21)23-26-11-12-28(23)24/h1-8,11-12,18-19H,9-10,13-15H2/t18-,19-,24?/m0/s1. The van der Waals surface area contributed by atoms with E-state index in [0.29, 0.717) is 19.4 Å². The zero-order chi connectivity index (χ0) is 20.3. The molecule has 3 aliphatic heterocycles. The quantitative estimate of drug-likeness (QED) is 0.582. The summed E-state index contributed by atoms with van der Waals surface area (Å²) >= 11 is 3.56. The van der Waals surface area contributed by atoms with E-state index < -0.39 is 5.54 Å². The van der Waals surface area contributed by atoms with Crippen molar-refractivity contribution < 1.29 is 9.53 Å². The van der Waals surface area contributed by atoms with Gasteiger partial charge in [0.1, 0.15) is 5.82 Å². The molecule has 0 aliphatic carbocycles. The molecule has 6 rings (SSSR count). The molecule has 2 bridgehead atoms. The van der Waals surface area contributed by atoms with Crippen molar-refractivity contribution in [3.05, 3.63) is 76.5 Å². The first-order valence-corrected chi connectivity index (χ1v) is 11.3. The number of carbonyl (C=O) groups excluding carboxylic acids is 1. The summed E-state index contributed by atoms with van der Waals surface area (Å²) in [5, 5.41) is 0. The molecule has 0 N–H and O–H groups in total. The number of hydrogen-bond acceptors (Lipinski definition) is 3. The minimum Gasteiger partial charge on any atom is -0.374 e. The predicted octanol–water partition coefficient (Wildman–Crippen LogP) is 4.20. The van der Waals surface area contributed by atoms with E-state index in [-0.39, 0.29) is 18.1 Å². The second kappa shape index (κ2) is 6.79. The number of carbonyl (C=O) groups is 1. The lowest BCUT2D eigenvalue weighted by atomic mass is 9.79. The molecule has 1 amide bonds. The maximum absolute atomic E-state index is 13.2. The first-order chi connectivity index (χ1) is 14.7. The SMILES string of the molecule is O=C(CCC1(c2ccc(Br)cc2)c2ccccc2-c2nccn21)N1C[C@@H]2C[C@H]1CO2. The Morgan fingerprint density at radius 2 is 2.03 bits per heavy atom. The second-order valence-corrected chi connectivity index (χ2v) is 9.34. The maximum Gasteiger partial charge on any atom is 0.223 e. The molecule has 0 saturated carbocycles. The van der Waals surface area contributed by atoms with E-state index in [1.807, 2.05) is 17.3 Å². The van der Waals surface area contributed by atoms with Crippen LogP contribution in [0.2, 0.25) is 0 Å². The lowest BCUT2D eigenvalue weighted by molar-refractivity contribution is -0.136. The molecule has 3 aromatic rings.